The highest BCUT2D eigenvalue weighted by Crippen LogP contribution is 2.17. The molecule has 116 valence electrons. The van der Waals surface area contributed by atoms with Crippen LogP contribution in [0.1, 0.15) is 18.5 Å². The fourth-order valence-electron chi connectivity index (χ4n) is 3.04. The number of aryl methyl sites for hydroxylation is 1. The number of rotatable bonds is 4. The molecule has 0 N–H and O–H groups in total. The zero-order chi connectivity index (χ0) is 14.7. The van der Waals surface area contributed by atoms with Crippen LogP contribution >= 0.6 is 0 Å². The number of anilines is 1. The van der Waals surface area contributed by atoms with Crippen LogP contribution in [-0.4, -0.2) is 60.4 Å². The molecule has 0 atom stereocenters. The molecule has 2 aliphatic rings. The first-order chi connectivity index (χ1) is 10.2. The summed E-state index contributed by atoms with van der Waals surface area (Å²) in [5.74, 6) is 0.853. The van der Waals surface area contributed by atoms with Crippen molar-refractivity contribution >= 4 is 5.95 Å². The Bertz CT molecular complexity index is 531. The van der Waals surface area contributed by atoms with Gasteiger partial charge in [0.05, 0.1) is 13.2 Å². The van der Waals surface area contributed by atoms with Gasteiger partial charge in [0.1, 0.15) is 0 Å². The predicted molar refractivity (Wildman–Crippen MR) is 81.9 cm³/mol. The summed E-state index contributed by atoms with van der Waals surface area (Å²) in [4.78, 5) is 21.6. The topological polar surface area (TPSA) is 50.6 Å². The van der Waals surface area contributed by atoms with Crippen molar-refractivity contribution in [3.63, 3.8) is 0 Å². The molecule has 1 aromatic rings. The Hall–Kier alpha value is -1.40. The number of hydrogen-bond acceptors (Lipinski definition) is 5. The van der Waals surface area contributed by atoms with E-state index < -0.39 is 0 Å². The van der Waals surface area contributed by atoms with Crippen molar-refractivity contribution in [3.8, 4) is 0 Å². The summed E-state index contributed by atoms with van der Waals surface area (Å²) in [5, 5.41) is 0. The zero-order valence-electron chi connectivity index (χ0n) is 12.8. The van der Waals surface area contributed by atoms with Gasteiger partial charge < -0.3 is 9.64 Å². The maximum atomic E-state index is 12.3. The number of hydrogen-bond donors (Lipinski definition) is 0. The van der Waals surface area contributed by atoms with Crippen LogP contribution in [0.2, 0.25) is 0 Å². The average molecular weight is 292 g/mol. The summed E-state index contributed by atoms with van der Waals surface area (Å²) < 4.78 is 7.21. The van der Waals surface area contributed by atoms with Gasteiger partial charge in [-0.25, -0.2) is 4.98 Å². The first kappa shape index (κ1) is 14.5. The minimum atomic E-state index is 0.0673. The van der Waals surface area contributed by atoms with Gasteiger partial charge in [-0.3, -0.25) is 14.3 Å². The van der Waals surface area contributed by atoms with E-state index in [1.165, 1.54) is 12.8 Å². The highest BCUT2D eigenvalue weighted by Gasteiger charge is 2.19. The maximum absolute atomic E-state index is 12.3. The van der Waals surface area contributed by atoms with Crippen LogP contribution in [0.4, 0.5) is 5.95 Å². The van der Waals surface area contributed by atoms with Crippen LogP contribution in [0, 0.1) is 6.92 Å². The SMILES string of the molecule is Cc1cc(=O)n(CCN2CCOCC2)c(N2CCCC2)n1. The highest BCUT2D eigenvalue weighted by atomic mass is 16.5. The third-order valence-corrected chi connectivity index (χ3v) is 4.25. The van der Waals surface area contributed by atoms with Crippen LogP contribution < -0.4 is 10.5 Å². The molecule has 21 heavy (non-hydrogen) atoms. The van der Waals surface area contributed by atoms with Crippen molar-refractivity contribution in [1.29, 1.82) is 0 Å². The van der Waals surface area contributed by atoms with E-state index in [0.717, 1.165) is 57.6 Å². The van der Waals surface area contributed by atoms with E-state index >= 15 is 0 Å². The second-order valence-corrected chi connectivity index (χ2v) is 5.84. The lowest BCUT2D eigenvalue weighted by atomic mass is 10.4. The Morgan fingerprint density at radius 3 is 2.57 bits per heavy atom. The molecule has 0 saturated carbocycles. The smallest absolute Gasteiger partial charge is 0.255 e. The number of nitrogens with zero attached hydrogens (tertiary/aromatic N) is 4. The summed E-state index contributed by atoms with van der Waals surface area (Å²) in [7, 11) is 0. The monoisotopic (exact) mass is 292 g/mol. The summed E-state index contributed by atoms with van der Waals surface area (Å²) in [6.07, 6.45) is 2.38. The second kappa shape index (κ2) is 6.58. The molecule has 3 heterocycles. The van der Waals surface area contributed by atoms with Crippen molar-refractivity contribution in [1.82, 2.24) is 14.5 Å². The molecule has 0 bridgehead atoms. The van der Waals surface area contributed by atoms with Crippen molar-refractivity contribution in [3.05, 3.63) is 22.1 Å². The van der Waals surface area contributed by atoms with Gasteiger partial charge in [-0.15, -0.1) is 0 Å². The van der Waals surface area contributed by atoms with E-state index in [1.807, 2.05) is 11.5 Å². The molecule has 0 radical (unpaired) electrons. The normalized spacial score (nSPS) is 20.1. The molecule has 0 aromatic carbocycles. The van der Waals surface area contributed by atoms with Gasteiger partial charge in [-0.05, 0) is 19.8 Å². The van der Waals surface area contributed by atoms with Gasteiger partial charge in [0, 0.05) is 51.0 Å². The summed E-state index contributed by atoms with van der Waals surface area (Å²) in [6.45, 7) is 8.99. The van der Waals surface area contributed by atoms with Crippen molar-refractivity contribution in [2.75, 3.05) is 50.8 Å². The minimum Gasteiger partial charge on any atom is -0.379 e. The summed E-state index contributed by atoms with van der Waals surface area (Å²) in [5.41, 5.74) is 0.877. The third-order valence-electron chi connectivity index (χ3n) is 4.25. The van der Waals surface area contributed by atoms with Gasteiger partial charge >= 0.3 is 0 Å². The molecular weight excluding hydrogens is 268 g/mol. The van der Waals surface area contributed by atoms with E-state index in [4.69, 9.17) is 4.74 Å². The lowest BCUT2D eigenvalue weighted by Gasteiger charge is -2.28. The Labute approximate surface area is 125 Å². The molecule has 0 unspecified atom stereocenters. The van der Waals surface area contributed by atoms with Gasteiger partial charge in [-0.1, -0.05) is 0 Å². The van der Waals surface area contributed by atoms with Crippen LogP contribution in [0.25, 0.3) is 0 Å². The number of aromatic nitrogens is 2. The molecular formula is C15H24N4O2. The van der Waals surface area contributed by atoms with Crippen LogP contribution in [-0.2, 0) is 11.3 Å². The van der Waals surface area contributed by atoms with Gasteiger partial charge in [0.25, 0.3) is 5.56 Å². The van der Waals surface area contributed by atoms with Crippen molar-refractivity contribution in [2.45, 2.75) is 26.3 Å². The molecule has 0 aliphatic carbocycles. The standard InChI is InChI=1S/C15H24N4O2/c1-13-12-14(20)19(7-6-17-8-10-21-11-9-17)15(16-13)18-4-2-3-5-18/h12H,2-11H2,1H3. The van der Waals surface area contributed by atoms with Crippen LogP contribution in [0.5, 0.6) is 0 Å². The Morgan fingerprint density at radius 2 is 1.86 bits per heavy atom. The number of morpholine rings is 1. The van der Waals surface area contributed by atoms with Crippen molar-refractivity contribution < 1.29 is 4.74 Å². The second-order valence-electron chi connectivity index (χ2n) is 5.84. The quantitative estimate of drug-likeness (QED) is 0.808. The average Bonchev–Trinajstić information content (AvgIpc) is 3.01. The van der Waals surface area contributed by atoms with Gasteiger partial charge in [-0.2, -0.15) is 0 Å². The third kappa shape index (κ3) is 3.44. The molecule has 0 amide bonds. The summed E-state index contributed by atoms with van der Waals surface area (Å²) in [6, 6.07) is 1.64. The van der Waals surface area contributed by atoms with E-state index in [2.05, 4.69) is 14.8 Å². The predicted octanol–water partition coefficient (Wildman–Crippen LogP) is 0.484. The lowest BCUT2D eigenvalue weighted by molar-refractivity contribution is 0.0363. The first-order valence-corrected chi connectivity index (χ1v) is 7.87. The largest absolute Gasteiger partial charge is 0.379 e. The minimum absolute atomic E-state index is 0.0673. The van der Waals surface area contributed by atoms with E-state index in [9.17, 15) is 4.79 Å². The highest BCUT2D eigenvalue weighted by molar-refractivity contribution is 5.33. The maximum Gasteiger partial charge on any atom is 0.255 e. The number of ether oxygens (including phenoxy) is 1. The Kier molecular flexibility index (Phi) is 4.55. The van der Waals surface area contributed by atoms with Crippen molar-refractivity contribution in [2.24, 2.45) is 0 Å². The van der Waals surface area contributed by atoms with E-state index in [0.29, 0.717) is 6.54 Å². The molecule has 2 aliphatic heterocycles. The zero-order valence-corrected chi connectivity index (χ0v) is 12.8. The van der Waals surface area contributed by atoms with Crippen LogP contribution in [0.15, 0.2) is 10.9 Å². The van der Waals surface area contributed by atoms with Gasteiger partial charge in [0.2, 0.25) is 5.95 Å². The van der Waals surface area contributed by atoms with Crippen LogP contribution in [0.3, 0.4) is 0 Å². The lowest BCUT2D eigenvalue weighted by Crippen LogP contribution is -2.40. The summed E-state index contributed by atoms with van der Waals surface area (Å²) >= 11 is 0. The molecule has 2 fully saturated rings. The fourth-order valence-corrected chi connectivity index (χ4v) is 3.04. The first-order valence-electron chi connectivity index (χ1n) is 7.87. The Morgan fingerprint density at radius 1 is 1.14 bits per heavy atom. The molecule has 2 saturated heterocycles. The van der Waals surface area contributed by atoms with E-state index in [-0.39, 0.29) is 5.56 Å². The Balaban J connectivity index is 1.77. The molecule has 1 aromatic heterocycles. The molecule has 0 spiro atoms. The van der Waals surface area contributed by atoms with Gasteiger partial charge in [0.15, 0.2) is 0 Å². The molecule has 3 rings (SSSR count). The van der Waals surface area contributed by atoms with E-state index in [1.54, 1.807) is 6.07 Å². The fraction of sp³-hybridized carbons (Fsp3) is 0.733. The molecule has 6 nitrogen and oxygen atoms in total. The molecule has 6 heteroatoms.